The van der Waals surface area contributed by atoms with Gasteiger partial charge in [0.15, 0.2) is 0 Å². The van der Waals surface area contributed by atoms with E-state index in [1.54, 1.807) is 41.3 Å². The molecule has 7 heteroatoms. The molecule has 2 aliphatic heterocycles. The molecule has 18 rings (SSSR count). The molecule has 0 fully saturated rings. The first-order valence-electron chi connectivity index (χ1n) is 43.7. The summed E-state index contributed by atoms with van der Waals surface area (Å²) in [6.07, 6.45) is 0. The van der Waals surface area contributed by atoms with Crippen LogP contribution in [0.15, 0.2) is 321 Å². The summed E-state index contributed by atoms with van der Waals surface area (Å²) in [5.74, 6) is 0. The van der Waals surface area contributed by atoms with Gasteiger partial charge in [0, 0.05) is 55.7 Å². The van der Waals surface area contributed by atoms with E-state index in [-0.39, 0.29) is 94.9 Å². The minimum Gasteiger partial charge on any atom is -0.311 e. The summed E-state index contributed by atoms with van der Waals surface area (Å²) in [6, 6.07) is 23.4. The molecule has 0 radical (unpaired) electrons. The van der Waals surface area contributed by atoms with Crippen LogP contribution in [0.3, 0.4) is 0 Å². The summed E-state index contributed by atoms with van der Waals surface area (Å²) in [5.41, 5.74) is -0.528. The highest BCUT2D eigenvalue weighted by atomic mass is 15.2. The Morgan fingerprint density at radius 2 is 0.806 bits per heavy atom. The normalized spacial score (nSPS) is 16.6. The fraction of sp³-hybridized carbons (Fsp3) is 0. The molecule has 2 aromatic heterocycles. The van der Waals surface area contributed by atoms with Crippen LogP contribution in [-0.2, 0) is 0 Å². The Morgan fingerprint density at radius 3 is 1.39 bits per heavy atom. The monoisotopic (exact) mass is 1210 g/mol. The van der Waals surface area contributed by atoms with E-state index in [4.69, 9.17) is 17.8 Å². The molecule has 0 N–H and O–H groups in total. The van der Waals surface area contributed by atoms with Crippen LogP contribution in [-0.4, -0.2) is 15.8 Å². The van der Waals surface area contributed by atoms with Gasteiger partial charge >= 0.3 is 0 Å². The topological polar surface area (TPSA) is 63.9 Å². The maximum Gasteiger partial charge on any atom is 0.252 e. The summed E-state index contributed by atoms with van der Waals surface area (Å²) in [7, 11) is 0. The Balaban J connectivity index is 1.07. The average Bonchev–Trinajstić information content (AvgIpc) is 1.13. The molecule has 93 heavy (non-hydrogen) atoms. The largest absolute Gasteiger partial charge is 0.311 e. The van der Waals surface area contributed by atoms with Gasteiger partial charge in [0.25, 0.3) is 6.71 Å². The van der Waals surface area contributed by atoms with E-state index in [2.05, 4.69) is 6.07 Å². The van der Waals surface area contributed by atoms with E-state index in [0.29, 0.717) is 38.9 Å². The maximum atomic E-state index is 12.1. The highest BCUT2D eigenvalue weighted by Crippen LogP contribution is 2.50. The van der Waals surface area contributed by atoms with E-state index >= 15 is 0 Å². The Kier molecular flexibility index (Phi) is 7.33. The van der Waals surface area contributed by atoms with Crippen LogP contribution in [0.2, 0.25) is 0 Å². The predicted molar refractivity (Wildman–Crippen MR) is 386 cm³/mol. The molecule has 0 amide bonds. The van der Waals surface area contributed by atoms with Crippen LogP contribution in [0.1, 0.15) is 50.9 Å². The van der Waals surface area contributed by atoms with Crippen molar-refractivity contribution in [3.8, 4) is 79.1 Å². The summed E-state index contributed by atoms with van der Waals surface area (Å²) < 4.78 is 273. The number of para-hydroxylation sites is 2. The van der Waals surface area contributed by atoms with Crippen LogP contribution >= 0.6 is 0 Å². The molecule has 6 nitrogen and oxygen atoms in total. The second kappa shape index (κ2) is 21.5. The smallest absolute Gasteiger partial charge is 0.252 e. The second-order valence-electron chi connectivity index (χ2n) is 22.0. The van der Waals surface area contributed by atoms with Crippen molar-refractivity contribution in [2.45, 2.75) is 0 Å². The molecule has 0 bridgehead atoms. The third-order valence-corrected chi connectivity index (χ3v) is 17.1. The Morgan fingerprint density at radius 1 is 0.301 bits per heavy atom. The lowest BCUT2D eigenvalue weighted by atomic mass is 9.33. The molecule has 0 aliphatic carbocycles. The van der Waals surface area contributed by atoms with Crippen molar-refractivity contribution >= 4 is 101 Å². The molecular weight excluding hydrogens is 1130 g/mol. The number of benzene rings is 14. The Hall–Kier alpha value is -12.7. The molecule has 14 aromatic carbocycles. The van der Waals surface area contributed by atoms with Gasteiger partial charge in [-0.15, -0.1) is 0 Å². The number of hydrogen-bond acceptors (Lipinski definition) is 4. The summed E-state index contributed by atoms with van der Waals surface area (Å²) >= 11 is 0. The van der Waals surface area contributed by atoms with E-state index in [1.807, 2.05) is 83.8 Å². The SMILES string of the molecule is [2H]c1c([2H])c([2H])c(-c2ccc3c(c2)N(c2cc(-c4ccccc4)cc(-c4ccccc4)c2)c2cc(-n4c5c([2H])c([2H])c([2H])c([2H])c5c5c([2H])c([2H])c([2H])c([2H])c54)cc4c2B3c2ccc(-c3c([2H])c([2H])c([2H])c([2H])c3[2H])cc2N4c2cc(-n3c4c([2H])c([2H])c(C#N)c([2H])c4c4c([2H])c([2H])c(-c5c([2H])c([2H])c([2H])c([2H])c5[2H])c([2H])c43)ccc2C#N)c([2H])c1[2H]. The zero-order valence-corrected chi connectivity index (χ0v) is 48.1. The molecule has 16 aromatic rings. The fourth-order valence-electron chi connectivity index (χ4n) is 13.1. The van der Waals surface area contributed by atoms with Crippen LogP contribution < -0.4 is 26.2 Å². The zero-order chi connectivity index (χ0) is 86.9. The molecule has 4 heterocycles. The van der Waals surface area contributed by atoms with Crippen molar-refractivity contribution in [3.05, 3.63) is 332 Å². The highest BCUT2D eigenvalue weighted by molar-refractivity contribution is 7.00. The van der Waals surface area contributed by atoms with Crippen LogP contribution in [0.25, 0.3) is 111 Å². The summed E-state index contributed by atoms with van der Waals surface area (Å²) in [4.78, 5) is 3.36. The molecule has 0 saturated carbocycles. The van der Waals surface area contributed by atoms with E-state index < -0.39 is 220 Å². The number of anilines is 6. The lowest BCUT2D eigenvalue weighted by molar-refractivity contribution is 1.15. The molecule has 430 valence electrons. The van der Waals surface area contributed by atoms with Gasteiger partial charge in [-0.05, 0) is 169 Å². The average molecular weight is 1210 g/mol. The first-order valence-corrected chi connectivity index (χ1v) is 29.2. The van der Waals surface area contributed by atoms with E-state index in [0.717, 1.165) is 4.57 Å². The minimum absolute atomic E-state index is 0.00715. The van der Waals surface area contributed by atoms with Crippen molar-refractivity contribution in [2.24, 2.45) is 0 Å². The van der Waals surface area contributed by atoms with Gasteiger partial charge in [0.1, 0.15) is 6.07 Å². The first-order chi connectivity index (χ1) is 58.1. The fourth-order valence-corrected chi connectivity index (χ4v) is 13.1. The number of aromatic nitrogens is 2. The van der Waals surface area contributed by atoms with Crippen molar-refractivity contribution in [2.75, 3.05) is 9.80 Å². The molecular formula is C86H53BN6. The van der Waals surface area contributed by atoms with Crippen molar-refractivity contribution in [1.29, 1.82) is 10.5 Å². The minimum atomic E-state index is -1.18. The van der Waals surface area contributed by atoms with Crippen molar-refractivity contribution in [1.82, 2.24) is 9.13 Å². The molecule has 0 spiro atoms. The van der Waals surface area contributed by atoms with Gasteiger partial charge in [-0.1, -0.05) is 224 Å². The predicted octanol–water partition coefficient (Wildman–Crippen LogP) is 20.0. The van der Waals surface area contributed by atoms with Gasteiger partial charge in [-0.2, -0.15) is 10.5 Å². The van der Waals surface area contributed by atoms with Crippen LogP contribution in [0, 0.1) is 22.7 Å². The second-order valence-corrected chi connectivity index (χ2v) is 22.0. The number of fused-ring (bicyclic) bond motifs is 10. The van der Waals surface area contributed by atoms with Crippen LogP contribution in [0.5, 0.6) is 0 Å². The zero-order valence-electron chi connectivity index (χ0n) is 77.1. The number of nitrogens with zero attached hydrogens (tertiary/aromatic N) is 6. The van der Waals surface area contributed by atoms with Crippen LogP contribution in [0.4, 0.5) is 34.1 Å². The molecule has 0 unspecified atom stereocenters. The molecule has 0 saturated heterocycles. The van der Waals surface area contributed by atoms with Crippen molar-refractivity contribution in [3.63, 3.8) is 0 Å². The number of rotatable bonds is 9. The highest BCUT2D eigenvalue weighted by Gasteiger charge is 2.45. The van der Waals surface area contributed by atoms with Gasteiger partial charge < -0.3 is 18.9 Å². The third-order valence-electron chi connectivity index (χ3n) is 17.1. The number of nitriles is 2. The van der Waals surface area contributed by atoms with Gasteiger partial charge in [-0.3, -0.25) is 0 Å². The van der Waals surface area contributed by atoms with Gasteiger partial charge in [0.2, 0.25) is 0 Å². The number of hydrogen-bond donors (Lipinski definition) is 0. The quantitative estimate of drug-likeness (QED) is 0.135. The summed E-state index contributed by atoms with van der Waals surface area (Å²) in [5, 5.41) is 21.2. The molecule has 0 atom stereocenters. The van der Waals surface area contributed by atoms with E-state index in [9.17, 15) is 32.5 Å². The Labute approximate surface area is 579 Å². The van der Waals surface area contributed by atoms with E-state index in [1.165, 1.54) is 41.0 Å². The third kappa shape index (κ3) is 8.64. The lowest BCUT2D eigenvalue weighted by Gasteiger charge is -2.45. The standard InChI is InChI=1S/C86H53BN6/c88-54-56-34-43-79-74(44-56)73-40-36-62(57-20-6-1-7-21-57)48-81(73)90(79)68-39-35-65(55-89)80(51-68)93-83-50-64(59-24-10-3-11-25-59)38-42-76(83)87-75-41-37-63(58-22-8-2-9-23-58)49-82(75)92(69-46-66(60-26-12-4-13-27-60)45-67(47-69)61-28-14-5-15-29-61)84-52-70(53-85(93)86(84)87)91-77-32-18-16-30-71(77)72-31-17-19-33-78(72)91/h1-53H/i1D,2D,3D,6D,7D,8D,9D,10D,11D,16D,17D,18D,19D,20D,21D,22D,23D,24D,25D,30D,31D,32D,33D,34D,36D,40D,43D,44D,48D. The molecule has 2 aliphatic rings. The van der Waals surface area contributed by atoms with Gasteiger partial charge in [0.05, 0.1) is 90.4 Å². The maximum absolute atomic E-state index is 12.1. The summed E-state index contributed by atoms with van der Waals surface area (Å²) in [6.45, 7) is -1.18. The van der Waals surface area contributed by atoms with Gasteiger partial charge in [-0.25, -0.2) is 0 Å². The Bertz CT molecular complexity index is 7410. The van der Waals surface area contributed by atoms with Crippen molar-refractivity contribution < 1.29 is 39.8 Å². The first kappa shape index (κ1) is 31.7. The lowest BCUT2D eigenvalue weighted by Crippen LogP contribution is -2.61.